The second-order valence-electron chi connectivity index (χ2n) is 7.70. The lowest BCUT2D eigenvalue weighted by Crippen LogP contribution is -2.69. The van der Waals surface area contributed by atoms with Gasteiger partial charge >= 0.3 is 0 Å². The average molecular weight is 455 g/mol. The van der Waals surface area contributed by atoms with E-state index >= 15 is 0 Å². The van der Waals surface area contributed by atoms with E-state index in [1.165, 1.54) is 37.7 Å². The zero-order chi connectivity index (χ0) is 16.6. The summed E-state index contributed by atoms with van der Waals surface area (Å²) in [5.41, 5.74) is 1.68. The van der Waals surface area contributed by atoms with Crippen molar-refractivity contribution in [1.82, 2.24) is 10.2 Å². The van der Waals surface area contributed by atoms with Gasteiger partial charge in [-0.2, -0.15) is 0 Å². The summed E-state index contributed by atoms with van der Waals surface area (Å²) in [6.07, 6.45) is 7.02. The van der Waals surface area contributed by atoms with Gasteiger partial charge in [-0.3, -0.25) is 4.99 Å². The zero-order valence-corrected chi connectivity index (χ0v) is 17.6. The van der Waals surface area contributed by atoms with Crippen LogP contribution in [0.5, 0.6) is 0 Å². The molecule has 4 rings (SSSR count). The molecule has 1 spiro atoms. The fourth-order valence-corrected chi connectivity index (χ4v) is 5.32. The summed E-state index contributed by atoms with van der Waals surface area (Å²) in [7, 11) is 4.03. The lowest BCUT2D eigenvalue weighted by molar-refractivity contribution is -0.125. The molecule has 0 amide bonds. The Morgan fingerprint density at radius 1 is 1.28 bits per heavy atom. The van der Waals surface area contributed by atoms with E-state index in [9.17, 15) is 0 Å². The second kappa shape index (κ2) is 7.82. The molecule has 1 aromatic rings. The summed E-state index contributed by atoms with van der Waals surface area (Å²) in [6, 6.07) is 11.1. The molecule has 25 heavy (non-hydrogen) atoms. The van der Waals surface area contributed by atoms with Gasteiger partial charge in [0, 0.05) is 44.6 Å². The number of ether oxygens (including phenoxy) is 1. The minimum absolute atomic E-state index is 0. The van der Waals surface area contributed by atoms with Gasteiger partial charge in [-0.1, -0.05) is 43.2 Å². The Morgan fingerprint density at radius 3 is 2.68 bits per heavy atom. The highest BCUT2D eigenvalue weighted by Crippen LogP contribution is 2.60. The molecular formula is C20H30IN3O. The molecule has 3 fully saturated rings. The molecule has 2 aliphatic carbocycles. The maximum atomic E-state index is 6.10. The standard InChI is InChI=1S/C20H29N3O.HI/c1-21-19(23(2)14-15-8-4-3-5-9-15)22-17-16-10-13-24-18(16)20(17)11-6-7-12-20;/h3-5,8-9,16-18H,6-7,10-14H2,1-2H3,(H,21,22);1H. The van der Waals surface area contributed by atoms with Gasteiger partial charge < -0.3 is 15.0 Å². The number of guanidine groups is 1. The third kappa shape index (κ3) is 3.29. The topological polar surface area (TPSA) is 36.9 Å². The molecule has 1 heterocycles. The van der Waals surface area contributed by atoms with Crippen molar-refractivity contribution in [1.29, 1.82) is 0 Å². The Balaban J connectivity index is 0.00000182. The van der Waals surface area contributed by atoms with Crippen LogP contribution in [0.15, 0.2) is 35.3 Å². The highest BCUT2D eigenvalue weighted by molar-refractivity contribution is 14.0. The fraction of sp³-hybridized carbons (Fsp3) is 0.650. The van der Waals surface area contributed by atoms with Crippen LogP contribution in [0.2, 0.25) is 0 Å². The van der Waals surface area contributed by atoms with E-state index in [0.717, 1.165) is 19.1 Å². The van der Waals surface area contributed by atoms with E-state index in [0.29, 0.717) is 23.5 Å². The monoisotopic (exact) mass is 455 g/mol. The fourth-order valence-electron chi connectivity index (χ4n) is 5.32. The van der Waals surface area contributed by atoms with E-state index in [-0.39, 0.29) is 24.0 Å². The lowest BCUT2D eigenvalue weighted by atomic mass is 9.54. The summed E-state index contributed by atoms with van der Waals surface area (Å²) in [6.45, 7) is 1.82. The molecule has 138 valence electrons. The Morgan fingerprint density at radius 2 is 2.00 bits per heavy atom. The third-order valence-corrected chi connectivity index (χ3v) is 6.41. The largest absolute Gasteiger partial charge is 0.377 e. The van der Waals surface area contributed by atoms with E-state index in [1.54, 1.807) is 0 Å². The van der Waals surface area contributed by atoms with Gasteiger partial charge in [0.2, 0.25) is 0 Å². The Labute approximate surface area is 168 Å². The van der Waals surface area contributed by atoms with E-state index in [1.807, 2.05) is 7.05 Å². The number of halogens is 1. The molecule has 3 atom stereocenters. The van der Waals surface area contributed by atoms with E-state index < -0.39 is 0 Å². The Bertz CT molecular complexity index is 600. The van der Waals surface area contributed by atoms with Crippen LogP contribution >= 0.6 is 24.0 Å². The second-order valence-corrected chi connectivity index (χ2v) is 7.70. The molecular weight excluding hydrogens is 425 g/mol. The number of nitrogens with zero attached hydrogens (tertiary/aromatic N) is 2. The van der Waals surface area contributed by atoms with Gasteiger partial charge in [-0.15, -0.1) is 24.0 Å². The molecule has 1 aromatic carbocycles. The van der Waals surface area contributed by atoms with Crippen LogP contribution in [0.25, 0.3) is 0 Å². The number of rotatable bonds is 3. The van der Waals surface area contributed by atoms with Crippen molar-refractivity contribution < 1.29 is 4.74 Å². The number of nitrogens with one attached hydrogen (secondary N) is 1. The SMILES string of the molecule is CN=C(NC1C2CCOC2C12CCCC2)N(C)Cc1ccccc1.I. The molecule has 3 aliphatic rings. The van der Waals surface area contributed by atoms with Crippen molar-refractivity contribution in [2.24, 2.45) is 16.3 Å². The van der Waals surface area contributed by atoms with Crippen molar-refractivity contribution in [3.63, 3.8) is 0 Å². The third-order valence-electron chi connectivity index (χ3n) is 6.41. The molecule has 3 unspecified atom stereocenters. The van der Waals surface area contributed by atoms with Crippen LogP contribution in [0.1, 0.15) is 37.7 Å². The molecule has 1 N–H and O–H groups in total. The van der Waals surface area contributed by atoms with Crippen LogP contribution in [-0.4, -0.2) is 43.7 Å². The number of hydrogen-bond acceptors (Lipinski definition) is 2. The normalized spacial score (nSPS) is 29.7. The average Bonchev–Trinajstić information content (AvgIpc) is 3.25. The first kappa shape index (κ1) is 19.0. The minimum Gasteiger partial charge on any atom is -0.377 e. The summed E-state index contributed by atoms with van der Waals surface area (Å²) in [5.74, 6) is 1.69. The number of aliphatic imine (C=N–C) groups is 1. The van der Waals surface area contributed by atoms with Crippen molar-refractivity contribution in [2.45, 2.75) is 50.8 Å². The van der Waals surface area contributed by atoms with Crippen LogP contribution in [-0.2, 0) is 11.3 Å². The molecule has 0 radical (unpaired) electrons. The van der Waals surface area contributed by atoms with Gasteiger partial charge in [0.05, 0.1) is 6.10 Å². The highest BCUT2D eigenvalue weighted by Gasteiger charge is 2.65. The Kier molecular flexibility index (Phi) is 5.93. The number of fused-ring (bicyclic) bond motifs is 2. The molecule has 0 bridgehead atoms. The predicted molar refractivity (Wildman–Crippen MR) is 112 cm³/mol. The molecule has 2 saturated carbocycles. The van der Waals surface area contributed by atoms with Gasteiger partial charge in [-0.05, 0) is 24.8 Å². The van der Waals surface area contributed by atoms with Gasteiger partial charge in [0.1, 0.15) is 0 Å². The summed E-state index contributed by atoms with van der Waals surface area (Å²) in [4.78, 5) is 6.80. The van der Waals surface area contributed by atoms with Crippen LogP contribution < -0.4 is 5.32 Å². The first-order chi connectivity index (χ1) is 11.7. The minimum atomic E-state index is 0. The van der Waals surface area contributed by atoms with E-state index in [4.69, 9.17) is 4.74 Å². The summed E-state index contributed by atoms with van der Waals surface area (Å²) >= 11 is 0. The Hall–Kier alpha value is -0.820. The number of hydrogen-bond donors (Lipinski definition) is 1. The van der Waals surface area contributed by atoms with Gasteiger partial charge in [-0.25, -0.2) is 0 Å². The maximum absolute atomic E-state index is 6.10. The first-order valence-electron chi connectivity index (χ1n) is 9.34. The molecule has 1 saturated heterocycles. The quantitative estimate of drug-likeness (QED) is 0.430. The van der Waals surface area contributed by atoms with Crippen molar-refractivity contribution in [3.05, 3.63) is 35.9 Å². The molecule has 1 aliphatic heterocycles. The lowest BCUT2D eigenvalue weighted by Gasteiger charge is -2.57. The molecule has 5 heteroatoms. The smallest absolute Gasteiger partial charge is 0.193 e. The highest BCUT2D eigenvalue weighted by atomic mass is 127. The van der Waals surface area contributed by atoms with Crippen LogP contribution in [0.4, 0.5) is 0 Å². The van der Waals surface area contributed by atoms with Crippen molar-refractivity contribution in [2.75, 3.05) is 20.7 Å². The zero-order valence-electron chi connectivity index (χ0n) is 15.3. The van der Waals surface area contributed by atoms with Gasteiger partial charge in [0.15, 0.2) is 5.96 Å². The number of benzene rings is 1. The van der Waals surface area contributed by atoms with Crippen LogP contribution in [0.3, 0.4) is 0 Å². The van der Waals surface area contributed by atoms with E-state index in [2.05, 4.69) is 52.6 Å². The molecule has 0 aromatic heterocycles. The first-order valence-corrected chi connectivity index (χ1v) is 9.34. The van der Waals surface area contributed by atoms with Crippen LogP contribution in [0, 0.1) is 11.3 Å². The molecule has 4 nitrogen and oxygen atoms in total. The van der Waals surface area contributed by atoms with Crippen molar-refractivity contribution in [3.8, 4) is 0 Å². The summed E-state index contributed by atoms with van der Waals surface area (Å²) in [5, 5.41) is 3.82. The predicted octanol–water partition coefficient (Wildman–Crippen LogP) is 3.66. The maximum Gasteiger partial charge on any atom is 0.193 e. The van der Waals surface area contributed by atoms with Gasteiger partial charge in [0.25, 0.3) is 0 Å². The summed E-state index contributed by atoms with van der Waals surface area (Å²) < 4.78 is 6.10. The van der Waals surface area contributed by atoms with Crippen molar-refractivity contribution >= 4 is 29.9 Å².